The van der Waals surface area contributed by atoms with Crippen LogP contribution in [0.2, 0.25) is 0 Å². The average molecular weight is 379 g/mol. The summed E-state index contributed by atoms with van der Waals surface area (Å²) in [5, 5.41) is -4.61. The van der Waals surface area contributed by atoms with Crippen molar-refractivity contribution in [3.8, 4) is 0 Å². The van der Waals surface area contributed by atoms with Crippen molar-refractivity contribution < 1.29 is 35.8 Å². The number of carbonyl (C=O) groups excluding carboxylic acids is 1. The Bertz CT molecular complexity index is 682. The van der Waals surface area contributed by atoms with Crippen LogP contribution in [0.3, 0.4) is 0 Å². The molecule has 0 atom stereocenters. The molecule has 0 saturated heterocycles. The molecule has 0 fully saturated rings. The van der Waals surface area contributed by atoms with Crippen LogP contribution in [0.1, 0.15) is 12.5 Å². The number of carbonyl (C=O) groups is 1. The van der Waals surface area contributed by atoms with Gasteiger partial charge in [-0.15, -0.1) is 0 Å². The summed E-state index contributed by atoms with van der Waals surface area (Å²) in [6.07, 6.45) is 0. The minimum Gasteiger partial charge on any atom is -0.743 e. The van der Waals surface area contributed by atoms with E-state index in [9.17, 15) is 26.5 Å². The molecule has 0 aromatic heterocycles. The molecule has 6 nitrogen and oxygen atoms in total. The first-order valence-electron chi connectivity index (χ1n) is 7.16. The summed E-state index contributed by atoms with van der Waals surface area (Å²) in [6.45, 7) is 3.55. The first-order chi connectivity index (χ1) is 11.2. The van der Waals surface area contributed by atoms with Crippen LogP contribution in [-0.4, -0.2) is 56.4 Å². The molecule has 1 aromatic carbocycles. The SMILES string of the molecule is C=C(C)C(=O)OCC(F)(F)S(=O)(=O)[O-].C[N+](C)(C)Cc1ccccc1. The average Bonchev–Trinajstić information content (AvgIpc) is 2.43. The van der Waals surface area contributed by atoms with Gasteiger partial charge in [0.2, 0.25) is 0 Å². The van der Waals surface area contributed by atoms with Crippen LogP contribution in [0.15, 0.2) is 42.5 Å². The van der Waals surface area contributed by atoms with Crippen LogP contribution in [0, 0.1) is 0 Å². The first kappa shape index (κ1) is 23.2. The number of benzene rings is 1. The number of ether oxygens (including phenoxy) is 1. The molecule has 0 aliphatic heterocycles. The molecule has 0 aliphatic carbocycles. The molecule has 0 radical (unpaired) electrons. The van der Waals surface area contributed by atoms with Crippen LogP contribution < -0.4 is 0 Å². The zero-order valence-electron chi connectivity index (χ0n) is 14.7. The maximum atomic E-state index is 12.3. The smallest absolute Gasteiger partial charge is 0.367 e. The number of halogens is 2. The van der Waals surface area contributed by atoms with E-state index < -0.39 is 27.9 Å². The van der Waals surface area contributed by atoms with Crippen LogP contribution in [-0.2, 0) is 26.2 Å². The second kappa shape index (κ2) is 9.02. The van der Waals surface area contributed by atoms with Crippen LogP contribution in [0.4, 0.5) is 8.78 Å². The summed E-state index contributed by atoms with van der Waals surface area (Å²) in [5.41, 5.74) is 1.23. The number of hydrogen-bond donors (Lipinski definition) is 0. The largest absolute Gasteiger partial charge is 0.743 e. The number of nitrogens with zero attached hydrogens (tertiary/aromatic N) is 1. The summed E-state index contributed by atoms with van der Waals surface area (Å²) < 4.78 is 59.3. The van der Waals surface area contributed by atoms with Gasteiger partial charge < -0.3 is 13.8 Å². The fraction of sp³-hybridized carbons (Fsp3) is 0.438. The Morgan fingerprint density at radius 1 is 1.24 bits per heavy atom. The van der Waals surface area contributed by atoms with Crippen molar-refractivity contribution >= 4 is 16.1 Å². The number of quaternary nitrogens is 1. The Labute approximate surface area is 147 Å². The predicted molar refractivity (Wildman–Crippen MR) is 88.6 cm³/mol. The molecule has 0 N–H and O–H groups in total. The van der Waals surface area contributed by atoms with Gasteiger partial charge in [-0.05, 0) is 6.92 Å². The van der Waals surface area contributed by atoms with E-state index in [4.69, 9.17) is 0 Å². The van der Waals surface area contributed by atoms with Gasteiger partial charge in [0.25, 0.3) is 0 Å². The molecule has 0 spiro atoms. The molecular formula is C16H23F2NO5S. The fourth-order valence-corrected chi connectivity index (χ4v) is 1.68. The molecule has 0 amide bonds. The third kappa shape index (κ3) is 9.90. The molecule has 0 heterocycles. The lowest BCUT2D eigenvalue weighted by Crippen LogP contribution is -2.34. The van der Waals surface area contributed by atoms with E-state index in [1.54, 1.807) is 0 Å². The van der Waals surface area contributed by atoms with Gasteiger partial charge in [0.05, 0.1) is 21.1 Å². The highest BCUT2D eigenvalue weighted by atomic mass is 32.2. The molecule has 9 heteroatoms. The lowest BCUT2D eigenvalue weighted by molar-refractivity contribution is -0.884. The van der Waals surface area contributed by atoms with E-state index in [0.717, 1.165) is 11.0 Å². The van der Waals surface area contributed by atoms with E-state index in [0.29, 0.717) is 0 Å². The number of alkyl halides is 2. The van der Waals surface area contributed by atoms with E-state index in [1.165, 1.54) is 12.5 Å². The van der Waals surface area contributed by atoms with Gasteiger partial charge in [-0.2, -0.15) is 8.78 Å². The number of hydrogen-bond acceptors (Lipinski definition) is 5. The fourth-order valence-electron chi connectivity index (χ4n) is 1.48. The highest BCUT2D eigenvalue weighted by molar-refractivity contribution is 7.86. The van der Waals surface area contributed by atoms with Gasteiger partial charge in [-0.1, -0.05) is 36.9 Å². The molecular weight excluding hydrogens is 356 g/mol. The van der Waals surface area contributed by atoms with E-state index in [-0.39, 0.29) is 5.57 Å². The highest BCUT2D eigenvalue weighted by Gasteiger charge is 2.39. The zero-order valence-corrected chi connectivity index (χ0v) is 15.5. The maximum Gasteiger partial charge on any atom is 0.367 e. The third-order valence-corrected chi connectivity index (χ3v) is 3.43. The van der Waals surface area contributed by atoms with Crippen molar-refractivity contribution in [2.75, 3.05) is 27.7 Å². The molecule has 1 rings (SSSR count). The Morgan fingerprint density at radius 2 is 1.72 bits per heavy atom. The Hall–Kier alpha value is -1.84. The van der Waals surface area contributed by atoms with Gasteiger partial charge in [0.1, 0.15) is 6.54 Å². The number of esters is 1. The van der Waals surface area contributed by atoms with Crippen molar-refractivity contribution in [1.29, 1.82) is 0 Å². The van der Waals surface area contributed by atoms with Gasteiger partial charge in [-0.25, -0.2) is 13.2 Å². The minimum absolute atomic E-state index is 0.177. The molecule has 0 saturated carbocycles. The number of rotatable bonds is 6. The van der Waals surface area contributed by atoms with Crippen LogP contribution >= 0.6 is 0 Å². The first-order valence-corrected chi connectivity index (χ1v) is 8.57. The summed E-state index contributed by atoms with van der Waals surface area (Å²) >= 11 is 0. The van der Waals surface area contributed by atoms with Gasteiger partial charge in [-0.3, -0.25) is 0 Å². The van der Waals surface area contributed by atoms with Gasteiger partial charge in [0.15, 0.2) is 16.7 Å². The molecule has 0 aliphatic rings. The van der Waals surface area contributed by atoms with Crippen LogP contribution in [0.5, 0.6) is 0 Å². The molecule has 25 heavy (non-hydrogen) atoms. The summed E-state index contributed by atoms with van der Waals surface area (Å²) in [4.78, 5) is 10.6. The second-order valence-corrected chi connectivity index (χ2v) is 7.89. The van der Waals surface area contributed by atoms with Crippen molar-refractivity contribution in [3.05, 3.63) is 48.0 Å². The summed E-state index contributed by atoms with van der Waals surface area (Å²) in [6, 6.07) is 10.6. The molecule has 142 valence electrons. The second-order valence-electron chi connectivity index (χ2n) is 6.38. The summed E-state index contributed by atoms with van der Waals surface area (Å²) in [7, 11) is 0.790. The summed E-state index contributed by atoms with van der Waals surface area (Å²) in [5.74, 6) is -1.19. The maximum absolute atomic E-state index is 12.3. The van der Waals surface area contributed by atoms with Gasteiger partial charge >= 0.3 is 11.2 Å². The topological polar surface area (TPSA) is 83.5 Å². The standard InChI is InChI=1S/C10H16N.C6H8F2O5S/c1-11(2,3)9-10-7-5-4-6-8-10;1-4(2)5(9)13-3-6(7,8)14(10,11)12/h4-8H,9H2,1-3H3;1,3H2,2H3,(H,10,11,12)/q+1;/p-1. The third-order valence-electron chi connectivity index (χ3n) is 2.59. The normalized spacial score (nSPS) is 12.0. The van der Waals surface area contributed by atoms with E-state index in [2.05, 4.69) is 62.8 Å². The van der Waals surface area contributed by atoms with Crippen molar-refractivity contribution in [1.82, 2.24) is 0 Å². The molecule has 0 bridgehead atoms. The molecule has 0 unspecified atom stereocenters. The van der Waals surface area contributed by atoms with E-state index >= 15 is 0 Å². The minimum atomic E-state index is -5.81. The Balaban J connectivity index is 0.000000472. The highest BCUT2D eigenvalue weighted by Crippen LogP contribution is 2.20. The van der Waals surface area contributed by atoms with E-state index in [1.807, 2.05) is 0 Å². The quantitative estimate of drug-likeness (QED) is 0.327. The van der Waals surface area contributed by atoms with Crippen molar-refractivity contribution in [2.24, 2.45) is 0 Å². The van der Waals surface area contributed by atoms with Crippen molar-refractivity contribution in [2.45, 2.75) is 18.7 Å². The zero-order chi connectivity index (χ0) is 19.9. The van der Waals surface area contributed by atoms with Gasteiger partial charge in [0, 0.05) is 11.1 Å². The van der Waals surface area contributed by atoms with Crippen molar-refractivity contribution in [3.63, 3.8) is 0 Å². The lowest BCUT2D eigenvalue weighted by Gasteiger charge is -2.23. The Morgan fingerprint density at radius 3 is 2.08 bits per heavy atom. The monoisotopic (exact) mass is 379 g/mol. The predicted octanol–water partition coefficient (Wildman–Crippen LogP) is 2.14. The Kier molecular flexibility index (Phi) is 8.36. The molecule has 1 aromatic rings. The van der Waals surface area contributed by atoms with Crippen LogP contribution in [0.25, 0.3) is 0 Å². The lowest BCUT2D eigenvalue weighted by atomic mass is 10.2.